The van der Waals surface area contributed by atoms with Crippen LogP contribution in [-0.2, 0) is 0 Å². The lowest BCUT2D eigenvalue weighted by Gasteiger charge is -2.05. The Morgan fingerprint density at radius 1 is 0.909 bits per heavy atom. The predicted molar refractivity (Wildman–Crippen MR) is 80.8 cm³/mol. The summed E-state index contributed by atoms with van der Waals surface area (Å²) in [5.74, 6) is -1.07. The number of fused-ring (bicyclic) bond motifs is 1. The SMILES string of the molecule is NC(=O)c1cc2ccc(-c3ccc(F)cc3)cc2n1C(N)=O. The fourth-order valence-corrected chi connectivity index (χ4v) is 2.44. The average molecular weight is 297 g/mol. The zero-order chi connectivity index (χ0) is 15.9. The molecule has 0 aliphatic rings. The van der Waals surface area contributed by atoms with Crippen LogP contribution < -0.4 is 11.5 Å². The summed E-state index contributed by atoms with van der Waals surface area (Å²) >= 11 is 0. The van der Waals surface area contributed by atoms with E-state index in [-0.39, 0.29) is 11.5 Å². The van der Waals surface area contributed by atoms with Gasteiger partial charge >= 0.3 is 6.03 Å². The lowest BCUT2D eigenvalue weighted by Crippen LogP contribution is -2.26. The summed E-state index contributed by atoms with van der Waals surface area (Å²) < 4.78 is 14.1. The number of hydrogen-bond acceptors (Lipinski definition) is 2. The number of amides is 2. The number of benzene rings is 2. The van der Waals surface area contributed by atoms with Gasteiger partial charge in [0.25, 0.3) is 5.91 Å². The number of nitrogens with two attached hydrogens (primary N) is 2. The van der Waals surface area contributed by atoms with Crippen molar-refractivity contribution in [2.75, 3.05) is 0 Å². The maximum atomic E-state index is 13.0. The Morgan fingerprint density at radius 2 is 1.55 bits per heavy atom. The molecule has 0 saturated carbocycles. The van der Waals surface area contributed by atoms with Crippen molar-refractivity contribution >= 4 is 22.8 Å². The smallest absolute Gasteiger partial charge is 0.324 e. The monoisotopic (exact) mass is 297 g/mol. The number of rotatable bonds is 2. The van der Waals surface area contributed by atoms with E-state index in [4.69, 9.17) is 11.5 Å². The maximum absolute atomic E-state index is 13.0. The van der Waals surface area contributed by atoms with Gasteiger partial charge in [-0.25, -0.2) is 9.18 Å². The van der Waals surface area contributed by atoms with E-state index in [1.807, 2.05) is 6.07 Å². The molecule has 0 aliphatic carbocycles. The summed E-state index contributed by atoms with van der Waals surface area (Å²) in [5.41, 5.74) is 12.7. The minimum absolute atomic E-state index is 0.0266. The van der Waals surface area contributed by atoms with Crippen LogP contribution in [0.5, 0.6) is 0 Å². The molecular weight excluding hydrogens is 285 g/mol. The fraction of sp³-hybridized carbons (Fsp3) is 0. The molecule has 0 aliphatic heterocycles. The molecule has 2 amide bonds. The molecular formula is C16H12FN3O2. The fourth-order valence-electron chi connectivity index (χ4n) is 2.44. The Labute approximate surface area is 124 Å². The first-order chi connectivity index (χ1) is 10.5. The van der Waals surface area contributed by atoms with Crippen LogP contribution in [0.2, 0.25) is 0 Å². The first kappa shape index (κ1) is 13.8. The van der Waals surface area contributed by atoms with E-state index in [0.717, 1.165) is 15.7 Å². The second kappa shape index (κ2) is 5.00. The molecule has 0 bridgehead atoms. The van der Waals surface area contributed by atoms with Crippen LogP contribution in [0.1, 0.15) is 10.5 Å². The highest BCUT2D eigenvalue weighted by Gasteiger charge is 2.17. The summed E-state index contributed by atoms with van der Waals surface area (Å²) in [4.78, 5) is 23.1. The van der Waals surface area contributed by atoms with Gasteiger partial charge in [-0.15, -0.1) is 0 Å². The van der Waals surface area contributed by atoms with Crippen molar-refractivity contribution in [3.8, 4) is 11.1 Å². The Kier molecular flexibility index (Phi) is 3.14. The number of carbonyl (C=O) groups excluding carboxylic acids is 2. The summed E-state index contributed by atoms with van der Waals surface area (Å²) in [6, 6.07) is 11.9. The molecule has 0 fully saturated rings. The molecule has 22 heavy (non-hydrogen) atoms. The lowest BCUT2D eigenvalue weighted by molar-refractivity contribution is 0.0993. The summed E-state index contributed by atoms with van der Waals surface area (Å²) in [6.45, 7) is 0. The molecule has 2 aromatic carbocycles. The van der Waals surface area contributed by atoms with Gasteiger partial charge in [-0.05, 0) is 35.4 Å². The minimum atomic E-state index is -0.792. The Balaban J connectivity index is 2.24. The van der Waals surface area contributed by atoms with Crippen molar-refractivity contribution in [3.05, 3.63) is 60.0 Å². The molecule has 5 nitrogen and oxygen atoms in total. The number of halogens is 1. The Morgan fingerprint density at radius 3 is 2.14 bits per heavy atom. The van der Waals surface area contributed by atoms with E-state index in [0.29, 0.717) is 10.9 Å². The number of carbonyl (C=O) groups is 2. The quantitative estimate of drug-likeness (QED) is 0.760. The van der Waals surface area contributed by atoms with Crippen LogP contribution in [0.15, 0.2) is 48.5 Å². The number of nitrogens with zero attached hydrogens (tertiary/aromatic N) is 1. The molecule has 1 heterocycles. The van der Waals surface area contributed by atoms with Gasteiger partial charge in [-0.2, -0.15) is 0 Å². The normalized spacial score (nSPS) is 10.8. The topological polar surface area (TPSA) is 91.1 Å². The Bertz CT molecular complexity index is 898. The predicted octanol–water partition coefficient (Wildman–Crippen LogP) is 2.47. The van der Waals surface area contributed by atoms with Crippen molar-refractivity contribution in [1.29, 1.82) is 0 Å². The van der Waals surface area contributed by atoms with Crippen molar-refractivity contribution in [1.82, 2.24) is 4.57 Å². The van der Waals surface area contributed by atoms with Crippen LogP contribution in [0.3, 0.4) is 0 Å². The largest absolute Gasteiger partial charge is 0.364 e. The van der Waals surface area contributed by atoms with Gasteiger partial charge in [0.15, 0.2) is 0 Å². The van der Waals surface area contributed by atoms with Crippen molar-refractivity contribution < 1.29 is 14.0 Å². The molecule has 0 unspecified atom stereocenters. The first-order valence-electron chi connectivity index (χ1n) is 6.48. The van der Waals surface area contributed by atoms with E-state index < -0.39 is 11.9 Å². The van der Waals surface area contributed by atoms with Gasteiger partial charge in [0.05, 0.1) is 5.52 Å². The molecule has 4 N–H and O–H groups in total. The number of primary amides is 2. The van der Waals surface area contributed by atoms with Gasteiger partial charge in [0.1, 0.15) is 11.5 Å². The van der Waals surface area contributed by atoms with Crippen LogP contribution >= 0.6 is 0 Å². The van der Waals surface area contributed by atoms with Crippen LogP contribution in [0.4, 0.5) is 9.18 Å². The Hall–Kier alpha value is -3.15. The van der Waals surface area contributed by atoms with Gasteiger partial charge in [-0.3, -0.25) is 9.36 Å². The highest BCUT2D eigenvalue weighted by molar-refractivity contribution is 6.04. The molecule has 0 spiro atoms. The molecule has 0 atom stereocenters. The minimum Gasteiger partial charge on any atom is -0.364 e. The van der Waals surface area contributed by atoms with Crippen molar-refractivity contribution in [3.63, 3.8) is 0 Å². The van der Waals surface area contributed by atoms with E-state index in [9.17, 15) is 14.0 Å². The van der Waals surface area contributed by atoms with Gasteiger partial charge in [0, 0.05) is 5.39 Å². The molecule has 3 aromatic rings. The van der Waals surface area contributed by atoms with E-state index in [1.165, 1.54) is 18.2 Å². The van der Waals surface area contributed by atoms with Crippen LogP contribution in [0.25, 0.3) is 22.0 Å². The zero-order valence-corrected chi connectivity index (χ0v) is 11.4. The number of hydrogen-bond donors (Lipinski definition) is 2. The van der Waals surface area contributed by atoms with Crippen molar-refractivity contribution in [2.45, 2.75) is 0 Å². The third kappa shape index (κ3) is 2.20. The van der Waals surface area contributed by atoms with Gasteiger partial charge in [-0.1, -0.05) is 24.3 Å². The molecule has 1 aromatic heterocycles. The zero-order valence-electron chi connectivity index (χ0n) is 11.4. The standard InChI is InChI=1S/C16H12FN3O2/c17-12-5-3-9(4-6-12)10-1-2-11-8-14(15(18)21)20(16(19)22)13(11)7-10/h1-8H,(H2,18,21)(H2,19,22). The second-order valence-corrected chi connectivity index (χ2v) is 4.85. The van der Waals surface area contributed by atoms with E-state index >= 15 is 0 Å². The summed E-state index contributed by atoms with van der Waals surface area (Å²) in [5, 5.41) is 0.665. The summed E-state index contributed by atoms with van der Waals surface area (Å²) in [7, 11) is 0. The van der Waals surface area contributed by atoms with Crippen molar-refractivity contribution in [2.24, 2.45) is 11.5 Å². The highest BCUT2D eigenvalue weighted by Crippen LogP contribution is 2.27. The molecule has 110 valence electrons. The average Bonchev–Trinajstić information content (AvgIpc) is 2.86. The van der Waals surface area contributed by atoms with Gasteiger partial charge in [0.2, 0.25) is 0 Å². The molecule has 3 rings (SSSR count). The van der Waals surface area contributed by atoms with Crippen LogP contribution in [0, 0.1) is 5.82 Å². The van der Waals surface area contributed by atoms with Crippen LogP contribution in [-0.4, -0.2) is 16.5 Å². The molecule has 0 radical (unpaired) electrons. The number of aromatic nitrogens is 1. The third-order valence-corrected chi connectivity index (χ3v) is 3.45. The first-order valence-corrected chi connectivity index (χ1v) is 6.48. The van der Waals surface area contributed by atoms with E-state index in [2.05, 4.69) is 0 Å². The van der Waals surface area contributed by atoms with Gasteiger partial charge < -0.3 is 11.5 Å². The molecule has 6 heteroatoms. The summed E-state index contributed by atoms with van der Waals surface area (Å²) in [6.07, 6.45) is 0. The second-order valence-electron chi connectivity index (χ2n) is 4.85. The third-order valence-electron chi connectivity index (χ3n) is 3.45. The highest BCUT2D eigenvalue weighted by atomic mass is 19.1. The molecule has 0 saturated heterocycles. The lowest BCUT2D eigenvalue weighted by atomic mass is 10.0. The maximum Gasteiger partial charge on any atom is 0.324 e. The van der Waals surface area contributed by atoms with E-state index in [1.54, 1.807) is 24.3 Å².